The van der Waals surface area contributed by atoms with Crippen molar-refractivity contribution in [3.8, 4) is 16.5 Å². The molecule has 0 bridgehead atoms. The molecule has 1 N–H and O–H groups in total. The van der Waals surface area contributed by atoms with Crippen molar-refractivity contribution in [1.29, 1.82) is 0 Å². The van der Waals surface area contributed by atoms with Gasteiger partial charge in [0.05, 0.1) is 23.5 Å². The molecule has 6 nitrogen and oxygen atoms in total. The first kappa shape index (κ1) is 18.5. The SMILES string of the molecule is COc1ccc(CCNC(=O)CSCc2nc(-c3cccs3)no2)cc1. The second-order valence-corrected chi connectivity index (χ2v) is 7.36. The molecule has 0 aliphatic carbocycles. The average Bonchev–Trinajstić information content (AvgIpc) is 3.34. The van der Waals surface area contributed by atoms with Crippen molar-refractivity contribution >= 4 is 29.0 Å². The summed E-state index contributed by atoms with van der Waals surface area (Å²) >= 11 is 3.02. The molecule has 0 saturated carbocycles. The maximum absolute atomic E-state index is 11.9. The fourth-order valence-corrected chi connectivity index (χ4v) is 3.57. The molecular weight excluding hydrogens is 370 g/mol. The van der Waals surface area contributed by atoms with Gasteiger partial charge in [-0.2, -0.15) is 4.98 Å². The van der Waals surface area contributed by atoms with Crippen LogP contribution in [0.1, 0.15) is 11.5 Å². The van der Waals surface area contributed by atoms with Crippen molar-refractivity contribution in [2.45, 2.75) is 12.2 Å². The fraction of sp³-hybridized carbons (Fsp3) is 0.278. The number of methoxy groups -OCH3 is 1. The highest BCUT2D eigenvalue weighted by Gasteiger charge is 2.10. The molecule has 2 aromatic heterocycles. The second-order valence-electron chi connectivity index (χ2n) is 5.43. The molecule has 136 valence electrons. The van der Waals surface area contributed by atoms with Gasteiger partial charge in [-0.3, -0.25) is 4.79 Å². The van der Waals surface area contributed by atoms with Gasteiger partial charge in [0.2, 0.25) is 17.6 Å². The van der Waals surface area contributed by atoms with Crippen LogP contribution in [0.2, 0.25) is 0 Å². The first-order valence-corrected chi connectivity index (χ1v) is 10.1. The third-order valence-electron chi connectivity index (χ3n) is 3.56. The molecule has 0 atom stereocenters. The Labute approximate surface area is 160 Å². The van der Waals surface area contributed by atoms with E-state index >= 15 is 0 Å². The van der Waals surface area contributed by atoms with Gasteiger partial charge in [-0.15, -0.1) is 23.1 Å². The number of nitrogens with one attached hydrogen (secondary N) is 1. The monoisotopic (exact) mass is 389 g/mol. The first-order chi connectivity index (χ1) is 12.7. The summed E-state index contributed by atoms with van der Waals surface area (Å²) in [4.78, 5) is 17.2. The topological polar surface area (TPSA) is 77.2 Å². The Morgan fingerprint density at radius 3 is 2.88 bits per heavy atom. The Kier molecular flexibility index (Phi) is 6.68. The Morgan fingerprint density at radius 2 is 2.15 bits per heavy atom. The molecule has 0 radical (unpaired) electrons. The summed E-state index contributed by atoms with van der Waals surface area (Å²) in [6.45, 7) is 0.606. The van der Waals surface area contributed by atoms with Gasteiger partial charge in [0.1, 0.15) is 5.75 Å². The summed E-state index contributed by atoms with van der Waals surface area (Å²) in [7, 11) is 1.64. The van der Waals surface area contributed by atoms with Crippen LogP contribution in [-0.2, 0) is 17.0 Å². The number of amides is 1. The van der Waals surface area contributed by atoms with Gasteiger partial charge < -0.3 is 14.6 Å². The highest BCUT2D eigenvalue weighted by molar-refractivity contribution is 7.99. The van der Waals surface area contributed by atoms with Crippen molar-refractivity contribution in [3.05, 3.63) is 53.2 Å². The standard InChI is InChI=1S/C18H19N3O3S2/c1-23-14-6-4-13(5-7-14)8-9-19-16(22)11-25-12-17-20-18(21-24-17)15-3-2-10-26-15/h2-7,10H,8-9,11-12H2,1H3,(H,19,22). The lowest BCUT2D eigenvalue weighted by Crippen LogP contribution is -2.27. The Hall–Kier alpha value is -2.32. The molecule has 0 unspecified atom stereocenters. The average molecular weight is 390 g/mol. The summed E-state index contributed by atoms with van der Waals surface area (Å²) in [6, 6.07) is 11.7. The van der Waals surface area contributed by atoms with E-state index < -0.39 is 0 Å². The quantitative estimate of drug-likeness (QED) is 0.604. The maximum atomic E-state index is 11.9. The molecule has 26 heavy (non-hydrogen) atoms. The molecular formula is C18H19N3O3S2. The van der Waals surface area contributed by atoms with Crippen LogP contribution in [0.3, 0.4) is 0 Å². The zero-order valence-corrected chi connectivity index (χ0v) is 15.9. The van der Waals surface area contributed by atoms with E-state index in [1.165, 1.54) is 11.8 Å². The molecule has 3 aromatic rings. The number of aromatic nitrogens is 2. The van der Waals surface area contributed by atoms with Crippen molar-refractivity contribution in [3.63, 3.8) is 0 Å². The number of ether oxygens (including phenoxy) is 1. The first-order valence-electron chi connectivity index (χ1n) is 8.08. The van der Waals surface area contributed by atoms with Crippen molar-refractivity contribution in [1.82, 2.24) is 15.5 Å². The van der Waals surface area contributed by atoms with E-state index in [1.807, 2.05) is 41.8 Å². The molecule has 1 amide bonds. The summed E-state index contributed by atoms with van der Waals surface area (Å²) in [5.74, 6) is 2.84. The molecule has 3 rings (SSSR count). The molecule has 8 heteroatoms. The van der Waals surface area contributed by atoms with Crippen LogP contribution >= 0.6 is 23.1 Å². The molecule has 0 spiro atoms. The van der Waals surface area contributed by atoms with Crippen LogP contribution in [0.15, 0.2) is 46.3 Å². The van der Waals surface area contributed by atoms with Crippen molar-refractivity contribution < 1.29 is 14.1 Å². The normalized spacial score (nSPS) is 10.7. The smallest absolute Gasteiger partial charge is 0.236 e. The number of rotatable bonds is 9. The van der Waals surface area contributed by atoms with Gasteiger partial charge in [-0.05, 0) is 35.6 Å². The van der Waals surface area contributed by atoms with E-state index in [4.69, 9.17) is 9.26 Å². The zero-order chi connectivity index (χ0) is 18.2. The Bertz CT molecular complexity index is 817. The summed E-state index contributed by atoms with van der Waals surface area (Å²) in [5.41, 5.74) is 1.16. The molecule has 0 aliphatic rings. The predicted molar refractivity (Wildman–Crippen MR) is 103 cm³/mol. The largest absolute Gasteiger partial charge is 0.497 e. The minimum atomic E-state index is 0.00140. The van der Waals surface area contributed by atoms with Crippen LogP contribution < -0.4 is 10.1 Å². The second kappa shape index (κ2) is 9.40. The lowest BCUT2D eigenvalue weighted by atomic mass is 10.1. The van der Waals surface area contributed by atoms with E-state index in [-0.39, 0.29) is 5.91 Å². The van der Waals surface area contributed by atoms with Crippen LogP contribution in [0, 0.1) is 0 Å². The van der Waals surface area contributed by atoms with E-state index in [1.54, 1.807) is 18.4 Å². The Balaban J connectivity index is 1.34. The maximum Gasteiger partial charge on any atom is 0.236 e. The third-order valence-corrected chi connectivity index (χ3v) is 5.35. The Morgan fingerprint density at radius 1 is 1.31 bits per heavy atom. The molecule has 0 saturated heterocycles. The van der Waals surface area contributed by atoms with E-state index in [2.05, 4.69) is 15.5 Å². The van der Waals surface area contributed by atoms with Crippen LogP contribution in [-0.4, -0.2) is 35.5 Å². The van der Waals surface area contributed by atoms with Crippen LogP contribution in [0.25, 0.3) is 10.7 Å². The minimum Gasteiger partial charge on any atom is -0.497 e. The molecule has 1 aromatic carbocycles. The summed E-state index contributed by atoms with van der Waals surface area (Å²) in [6.07, 6.45) is 0.786. The number of carbonyl (C=O) groups is 1. The minimum absolute atomic E-state index is 0.00140. The lowest BCUT2D eigenvalue weighted by molar-refractivity contribution is -0.118. The molecule has 0 fully saturated rings. The van der Waals surface area contributed by atoms with Crippen molar-refractivity contribution in [2.24, 2.45) is 0 Å². The number of hydrogen-bond acceptors (Lipinski definition) is 7. The van der Waals surface area contributed by atoms with Gasteiger partial charge in [0.25, 0.3) is 0 Å². The highest BCUT2D eigenvalue weighted by atomic mass is 32.2. The van der Waals surface area contributed by atoms with E-state index in [0.717, 1.165) is 22.6 Å². The third kappa shape index (κ3) is 5.34. The van der Waals surface area contributed by atoms with Gasteiger partial charge >= 0.3 is 0 Å². The molecule has 0 aliphatic heterocycles. The van der Waals surface area contributed by atoms with Crippen molar-refractivity contribution in [2.75, 3.05) is 19.4 Å². The van der Waals surface area contributed by atoms with Gasteiger partial charge in [-0.1, -0.05) is 23.4 Å². The number of hydrogen-bond donors (Lipinski definition) is 1. The zero-order valence-electron chi connectivity index (χ0n) is 14.3. The van der Waals surface area contributed by atoms with Crippen LogP contribution in [0.4, 0.5) is 0 Å². The van der Waals surface area contributed by atoms with Crippen LogP contribution in [0.5, 0.6) is 5.75 Å². The predicted octanol–water partition coefficient (Wildman–Crippen LogP) is 3.40. The number of benzene rings is 1. The lowest BCUT2D eigenvalue weighted by Gasteiger charge is -2.05. The molecule has 2 heterocycles. The number of carbonyl (C=O) groups excluding carboxylic acids is 1. The van der Waals surface area contributed by atoms with E-state index in [0.29, 0.717) is 29.8 Å². The van der Waals surface area contributed by atoms with Gasteiger partial charge in [0.15, 0.2) is 0 Å². The number of nitrogens with zero attached hydrogens (tertiary/aromatic N) is 2. The summed E-state index contributed by atoms with van der Waals surface area (Å²) in [5, 5.41) is 8.84. The number of thiophene rings is 1. The fourth-order valence-electron chi connectivity index (χ4n) is 2.24. The summed E-state index contributed by atoms with van der Waals surface area (Å²) < 4.78 is 10.3. The van der Waals surface area contributed by atoms with Gasteiger partial charge in [-0.25, -0.2) is 0 Å². The van der Waals surface area contributed by atoms with Gasteiger partial charge in [0, 0.05) is 6.54 Å². The van der Waals surface area contributed by atoms with E-state index in [9.17, 15) is 4.79 Å². The highest BCUT2D eigenvalue weighted by Crippen LogP contribution is 2.22. The number of thioether (sulfide) groups is 1.